The maximum Gasteiger partial charge on any atom is 0.163 e. The van der Waals surface area contributed by atoms with Crippen molar-refractivity contribution in [1.29, 1.82) is 0 Å². The maximum absolute atomic E-state index is 13.4. The molecule has 2 heterocycles. The number of allylic oxidation sites excluding steroid dienone is 1. The summed E-state index contributed by atoms with van der Waals surface area (Å²) in [5.74, 6) is 0.458. The van der Waals surface area contributed by atoms with Crippen molar-refractivity contribution >= 4 is 28.5 Å². The number of carbonyl (C=O) groups excluding carboxylic acids is 1. The van der Waals surface area contributed by atoms with Crippen molar-refractivity contribution in [3.8, 4) is 0 Å². The molecule has 5 rings (SSSR count). The summed E-state index contributed by atoms with van der Waals surface area (Å²) in [6.07, 6.45) is 2.43. The van der Waals surface area contributed by atoms with Gasteiger partial charge >= 0.3 is 0 Å². The summed E-state index contributed by atoms with van der Waals surface area (Å²) in [7, 11) is 0. The van der Waals surface area contributed by atoms with Crippen LogP contribution < -0.4 is 10.6 Å². The average Bonchev–Trinajstić information content (AvgIpc) is 3.16. The highest BCUT2D eigenvalue weighted by atomic mass is 32.1. The van der Waals surface area contributed by atoms with E-state index in [9.17, 15) is 4.79 Å². The predicted molar refractivity (Wildman–Crippen MR) is 121 cm³/mol. The van der Waals surface area contributed by atoms with E-state index >= 15 is 0 Å². The SMILES string of the molecule is CCc1ccc([C@@H]2Nc3ccccc3NC3=C2C(=O)C[C@@H](c2ccccc2)C3)s1. The largest absolute Gasteiger partial charge is 0.372 e. The van der Waals surface area contributed by atoms with Crippen LogP contribution in [0.25, 0.3) is 0 Å². The van der Waals surface area contributed by atoms with Crippen molar-refractivity contribution < 1.29 is 4.79 Å². The molecule has 1 aliphatic carbocycles. The van der Waals surface area contributed by atoms with Gasteiger partial charge in [0, 0.05) is 27.4 Å². The van der Waals surface area contributed by atoms with Crippen LogP contribution in [-0.4, -0.2) is 5.78 Å². The van der Waals surface area contributed by atoms with Crippen LogP contribution in [0.4, 0.5) is 11.4 Å². The second-order valence-corrected chi connectivity index (χ2v) is 8.94. The van der Waals surface area contributed by atoms with E-state index in [0.717, 1.165) is 35.5 Å². The van der Waals surface area contributed by atoms with Crippen molar-refractivity contribution in [3.63, 3.8) is 0 Å². The van der Waals surface area contributed by atoms with Gasteiger partial charge in [-0.15, -0.1) is 11.3 Å². The number of thiophene rings is 1. The monoisotopic (exact) mass is 400 g/mol. The lowest BCUT2D eigenvalue weighted by atomic mass is 9.79. The minimum Gasteiger partial charge on any atom is -0.372 e. The number of hydrogen-bond acceptors (Lipinski definition) is 4. The van der Waals surface area contributed by atoms with E-state index < -0.39 is 0 Å². The minimum absolute atomic E-state index is 0.101. The third kappa shape index (κ3) is 3.38. The van der Waals surface area contributed by atoms with E-state index in [1.165, 1.54) is 15.3 Å². The van der Waals surface area contributed by atoms with Crippen molar-refractivity contribution in [3.05, 3.63) is 93.3 Å². The Labute approximate surface area is 175 Å². The van der Waals surface area contributed by atoms with Crippen molar-refractivity contribution in [2.45, 2.75) is 38.1 Å². The highest BCUT2D eigenvalue weighted by molar-refractivity contribution is 7.12. The molecule has 0 spiro atoms. The molecule has 146 valence electrons. The van der Waals surface area contributed by atoms with E-state index in [-0.39, 0.29) is 17.7 Å². The molecule has 0 saturated carbocycles. The molecule has 0 unspecified atom stereocenters. The number of carbonyl (C=O) groups is 1. The Balaban J connectivity index is 1.60. The molecule has 0 amide bonds. The Morgan fingerprint density at radius 3 is 2.45 bits per heavy atom. The molecule has 0 radical (unpaired) electrons. The number of benzene rings is 2. The van der Waals surface area contributed by atoms with Crippen LogP contribution >= 0.6 is 11.3 Å². The summed E-state index contributed by atoms with van der Waals surface area (Å²) in [5.41, 5.74) is 5.28. The summed E-state index contributed by atoms with van der Waals surface area (Å²) in [4.78, 5) is 16.0. The summed E-state index contributed by atoms with van der Waals surface area (Å²) >= 11 is 1.80. The fourth-order valence-corrected chi connectivity index (χ4v) is 5.42. The molecule has 2 atom stereocenters. The highest BCUT2D eigenvalue weighted by Crippen LogP contribution is 2.45. The van der Waals surface area contributed by atoms with E-state index in [0.29, 0.717) is 6.42 Å². The fraction of sp³-hybridized carbons (Fsp3) is 0.240. The number of aryl methyl sites for hydroxylation is 1. The number of ketones is 1. The third-order valence-electron chi connectivity index (χ3n) is 5.90. The number of rotatable bonds is 3. The minimum atomic E-state index is -0.101. The summed E-state index contributed by atoms with van der Waals surface area (Å²) < 4.78 is 0. The first kappa shape index (κ1) is 18.2. The van der Waals surface area contributed by atoms with Crippen molar-refractivity contribution in [1.82, 2.24) is 0 Å². The number of anilines is 2. The van der Waals surface area contributed by atoms with Crippen LogP contribution in [0.5, 0.6) is 0 Å². The van der Waals surface area contributed by atoms with Crippen LogP contribution in [0.2, 0.25) is 0 Å². The molecule has 29 heavy (non-hydrogen) atoms. The van der Waals surface area contributed by atoms with E-state index in [2.05, 4.69) is 66.1 Å². The number of para-hydroxylation sites is 2. The van der Waals surface area contributed by atoms with Crippen LogP contribution in [0.3, 0.4) is 0 Å². The Morgan fingerprint density at radius 1 is 0.931 bits per heavy atom. The van der Waals surface area contributed by atoms with Crippen LogP contribution in [-0.2, 0) is 11.2 Å². The molecular weight excluding hydrogens is 376 g/mol. The molecule has 1 aliphatic heterocycles. The smallest absolute Gasteiger partial charge is 0.163 e. The summed E-state index contributed by atoms with van der Waals surface area (Å²) in [5, 5.41) is 7.28. The van der Waals surface area contributed by atoms with E-state index in [4.69, 9.17) is 0 Å². The first-order valence-corrected chi connectivity index (χ1v) is 11.1. The lowest BCUT2D eigenvalue weighted by Crippen LogP contribution is -2.26. The molecular formula is C25H24N2OS. The molecule has 4 heteroatoms. The van der Waals surface area contributed by atoms with Gasteiger partial charge in [0.1, 0.15) is 0 Å². The highest BCUT2D eigenvalue weighted by Gasteiger charge is 2.36. The maximum atomic E-state index is 13.4. The van der Waals surface area contributed by atoms with Gasteiger partial charge in [0.25, 0.3) is 0 Å². The van der Waals surface area contributed by atoms with Gasteiger partial charge in [-0.2, -0.15) is 0 Å². The molecule has 3 nitrogen and oxygen atoms in total. The topological polar surface area (TPSA) is 41.1 Å². The van der Waals surface area contributed by atoms with Gasteiger partial charge in [0.05, 0.1) is 17.4 Å². The van der Waals surface area contributed by atoms with Crippen molar-refractivity contribution in [2.75, 3.05) is 10.6 Å². The third-order valence-corrected chi connectivity index (χ3v) is 7.19. The van der Waals surface area contributed by atoms with Crippen LogP contribution in [0.1, 0.15) is 47.0 Å². The standard InChI is InChI=1S/C25H24N2OS/c1-2-18-12-13-23(29-18)25-24-21(26-19-10-6-7-11-20(19)27-25)14-17(15-22(24)28)16-8-4-3-5-9-16/h3-13,17,25-27H,2,14-15H2,1H3/t17-,25-/m0/s1. The zero-order valence-corrected chi connectivity index (χ0v) is 17.3. The second kappa shape index (κ2) is 7.53. The first-order chi connectivity index (χ1) is 14.2. The quantitative estimate of drug-likeness (QED) is 0.543. The van der Waals surface area contributed by atoms with Crippen LogP contribution in [0, 0.1) is 0 Å². The number of nitrogens with one attached hydrogen (secondary N) is 2. The normalized spacial score (nSPS) is 20.9. The zero-order chi connectivity index (χ0) is 19.8. The fourth-order valence-electron chi connectivity index (χ4n) is 4.41. The molecule has 3 aromatic rings. The van der Waals surface area contributed by atoms with Gasteiger partial charge in [-0.25, -0.2) is 0 Å². The van der Waals surface area contributed by atoms with Gasteiger partial charge in [-0.3, -0.25) is 4.79 Å². The number of hydrogen-bond donors (Lipinski definition) is 2. The Morgan fingerprint density at radius 2 is 1.69 bits per heavy atom. The van der Waals surface area contributed by atoms with Crippen molar-refractivity contribution in [2.24, 2.45) is 0 Å². The van der Waals surface area contributed by atoms with Gasteiger partial charge in [-0.05, 0) is 48.6 Å². The van der Waals surface area contributed by atoms with Gasteiger partial charge < -0.3 is 10.6 Å². The predicted octanol–water partition coefficient (Wildman–Crippen LogP) is 6.29. The Bertz CT molecular complexity index is 1080. The van der Waals surface area contributed by atoms with E-state index in [1.54, 1.807) is 11.3 Å². The van der Waals surface area contributed by atoms with E-state index in [1.807, 2.05) is 18.2 Å². The molecule has 0 saturated heterocycles. The Kier molecular flexibility index (Phi) is 4.72. The second-order valence-electron chi connectivity index (χ2n) is 7.74. The number of fused-ring (bicyclic) bond motifs is 1. The lowest BCUT2D eigenvalue weighted by molar-refractivity contribution is -0.116. The average molecular weight is 401 g/mol. The molecule has 1 aromatic heterocycles. The Hall–Kier alpha value is -2.85. The zero-order valence-electron chi connectivity index (χ0n) is 16.4. The van der Waals surface area contributed by atoms with Gasteiger partial charge in [0.15, 0.2) is 5.78 Å². The lowest BCUT2D eigenvalue weighted by Gasteiger charge is -2.29. The molecule has 0 fully saturated rings. The molecule has 2 aromatic carbocycles. The first-order valence-electron chi connectivity index (χ1n) is 10.3. The van der Waals surface area contributed by atoms with Gasteiger partial charge in [0.2, 0.25) is 0 Å². The van der Waals surface area contributed by atoms with Gasteiger partial charge in [-0.1, -0.05) is 49.4 Å². The van der Waals surface area contributed by atoms with Crippen LogP contribution in [0.15, 0.2) is 78.0 Å². The molecule has 0 bridgehead atoms. The number of Topliss-reactive ketones (excluding diaryl/α,β-unsaturated/α-hetero) is 1. The summed E-state index contributed by atoms with van der Waals surface area (Å²) in [6, 6.07) is 22.9. The molecule has 2 aliphatic rings. The molecule has 2 N–H and O–H groups in total. The summed E-state index contributed by atoms with van der Waals surface area (Å²) in [6.45, 7) is 2.17.